The van der Waals surface area contributed by atoms with Gasteiger partial charge in [-0.3, -0.25) is 0 Å². The van der Waals surface area contributed by atoms with Gasteiger partial charge in [-0.1, -0.05) is 11.6 Å². The second kappa shape index (κ2) is 4.49. The zero-order valence-corrected chi connectivity index (χ0v) is 11.6. The lowest BCUT2D eigenvalue weighted by atomic mass is 10.2. The summed E-state index contributed by atoms with van der Waals surface area (Å²) in [6.07, 6.45) is 5.38. The van der Waals surface area contributed by atoms with Gasteiger partial charge in [-0.05, 0) is 36.5 Å². The summed E-state index contributed by atoms with van der Waals surface area (Å²) in [5.41, 5.74) is 2.00. The van der Waals surface area contributed by atoms with Crippen LogP contribution in [0, 0.1) is 11.6 Å². The molecule has 106 valence electrons. The molecule has 6 heteroatoms. The molecule has 0 aliphatic heterocycles. The van der Waals surface area contributed by atoms with E-state index in [1.54, 1.807) is 4.57 Å². The molecule has 1 aromatic carbocycles. The third kappa shape index (κ3) is 2.08. The Morgan fingerprint density at radius 1 is 1.10 bits per heavy atom. The van der Waals surface area contributed by atoms with E-state index in [4.69, 9.17) is 11.6 Å². The first-order valence-corrected chi connectivity index (χ1v) is 6.99. The highest BCUT2D eigenvalue weighted by Crippen LogP contribution is 2.45. The Kier molecular flexibility index (Phi) is 2.72. The van der Waals surface area contributed by atoms with Crippen LogP contribution >= 0.6 is 11.6 Å². The van der Waals surface area contributed by atoms with Crippen molar-refractivity contribution in [2.45, 2.75) is 18.8 Å². The molecular weight excluding hydrogens is 296 g/mol. The van der Waals surface area contributed by atoms with E-state index in [0.717, 1.165) is 29.9 Å². The van der Waals surface area contributed by atoms with Crippen LogP contribution in [0.2, 0.25) is 5.15 Å². The van der Waals surface area contributed by atoms with E-state index in [9.17, 15) is 8.78 Å². The third-order valence-corrected chi connectivity index (χ3v) is 4.00. The Labute approximate surface area is 124 Å². The highest BCUT2D eigenvalue weighted by atomic mass is 35.5. The molecule has 1 fully saturated rings. The van der Waals surface area contributed by atoms with Gasteiger partial charge in [-0.2, -0.15) is 0 Å². The fourth-order valence-corrected chi connectivity index (χ4v) is 2.87. The van der Waals surface area contributed by atoms with Gasteiger partial charge in [0.2, 0.25) is 0 Å². The highest BCUT2D eigenvalue weighted by molar-refractivity contribution is 6.34. The lowest BCUT2D eigenvalue weighted by Crippen LogP contribution is -1.96. The van der Waals surface area contributed by atoms with Gasteiger partial charge in [0, 0.05) is 12.3 Å². The lowest BCUT2D eigenvalue weighted by Gasteiger charge is -2.05. The summed E-state index contributed by atoms with van der Waals surface area (Å²) >= 11 is 6.18. The molecule has 4 rings (SSSR count). The molecule has 0 atom stereocenters. The van der Waals surface area contributed by atoms with E-state index < -0.39 is 11.6 Å². The van der Waals surface area contributed by atoms with Gasteiger partial charge in [0.15, 0.2) is 0 Å². The summed E-state index contributed by atoms with van der Waals surface area (Å²) in [4.78, 5) is 8.24. The number of aromatic nitrogens is 3. The van der Waals surface area contributed by atoms with Crippen molar-refractivity contribution in [3.8, 4) is 5.69 Å². The molecular formula is C15H10ClF2N3. The van der Waals surface area contributed by atoms with Gasteiger partial charge in [-0.15, -0.1) is 0 Å². The molecule has 0 bridgehead atoms. The van der Waals surface area contributed by atoms with Crippen molar-refractivity contribution in [3.63, 3.8) is 0 Å². The smallest absolute Gasteiger partial charge is 0.149 e. The molecule has 0 saturated heterocycles. The third-order valence-electron chi connectivity index (χ3n) is 3.71. The highest BCUT2D eigenvalue weighted by Gasteiger charge is 2.29. The second-order valence-electron chi connectivity index (χ2n) is 5.22. The van der Waals surface area contributed by atoms with Crippen LogP contribution in [0.15, 0.2) is 30.7 Å². The van der Waals surface area contributed by atoms with Gasteiger partial charge in [0.05, 0.1) is 11.1 Å². The van der Waals surface area contributed by atoms with Gasteiger partial charge < -0.3 is 4.57 Å². The van der Waals surface area contributed by atoms with Gasteiger partial charge in [-0.25, -0.2) is 18.7 Å². The maximum absolute atomic E-state index is 13.5. The molecule has 3 aromatic rings. The quantitative estimate of drug-likeness (QED) is 0.663. The van der Waals surface area contributed by atoms with Gasteiger partial charge in [0.1, 0.15) is 28.8 Å². The average Bonchev–Trinajstić information content (AvgIpc) is 3.19. The van der Waals surface area contributed by atoms with Crippen LogP contribution in [-0.4, -0.2) is 14.5 Å². The minimum Gasteiger partial charge on any atom is -0.301 e. The number of rotatable bonds is 2. The maximum Gasteiger partial charge on any atom is 0.149 e. The normalized spacial score (nSPS) is 14.8. The Bertz CT molecular complexity index is 835. The molecule has 0 amide bonds. The monoisotopic (exact) mass is 305 g/mol. The van der Waals surface area contributed by atoms with E-state index >= 15 is 0 Å². The number of fused-ring (bicyclic) bond motifs is 1. The summed E-state index contributed by atoms with van der Waals surface area (Å²) in [6, 6.07) is 3.39. The summed E-state index contributed by atoms with van der Waals surface area (Å²) in [5.74, 6) is -0.824. The van der Waals surface area contributed by atoms with Gasteiger partial charge in [0.25, 0.3) is 0 Å². The maximum atomic E-state index is 13.5. The topological polar surface area (TPSA) is 30.7 Å². The average molecular weight is 306 g/mol. The first-order valence-electron chi connectivity index (χ1n) is 6.61. The molecule has 3 nitrogen and oxygen atoms in total. The predicted molar refractivity (Wildman–Crippen MR) is 75.8 cm³/mol. The molecule has 1 aliphatic rings. The lowest BCUT2D eigenvalue weighted by molar-refractivity contribution is 0.582. The van der Waals surface area contributed by atoms with Crippen molar-refractivity contribution in [1.82, 2.24) is 14.5 Å². The van der Waals surface area contributed by atoms with Crippen molar-refractivity contribution < 1.29 is 8.78 Å². The number of hydrogen-bond acceptors (Lipinski definition) is 2. The summed E-state index contributed by atoms with van der Waals surface area (Å²) < 4.78 is 28.6. The number of nitrogens with zero attached hydrogens (tertiary/aromatic N) is 3. The molecule has 2 heterocycles. The molecule has 2 aromatic heterocycles. The fourth-order valence-electron chi connectivity index (χ4n) is 2.63. The summed E-state index contributed by atoms with van der Waals surface area (Å²) in [5, 5.41) is 1.14. The number of halogens is 3. The Hall–Kier alpha value is -2.01. The van der Waals surface area contributed by atoms with Crippen molar-refractivity contribution in [1.29, 1.82) is 0 Å². The van der Waals surface area contributed by atoms with Crippen LogP contribution in [0.1, 0.15) is 24.3 Å². The van der Waals surface area contributed by atoms with Crippen LogP contribution < -0.4 is 0 Å². The van der Waals surface area contributed by atoms with E-state index in [-0.39, 0.29) is 0 Å². The van der Waals surface area contributed by atoms with Crippen LogP contribution in [0.3, 0.4) is 0 Å². The van der Waals surface area contributed by atoms with Crippen molar-refractivity contribution in [2.24, 2.45) is 0 Å². The molecule has 0 spiro atoms. The van der Waals surface area contributed by atoms with Crippen molar-refractivity contribution in [3.05, 3.63) is 53.1 Å². The van der Waals surface area contributed by atoms with Crippen LogP contribution in [0.25, 0.3) is 16.7 Å². The zero-order chi connectivity index (χ0) is 14.6. The van der Waals surface area contributed by atoms with E-state index in [2.05, 4.69) is 9.97 Å². The fraction of sp³-hybridized carbons (Fsp3) is 0.200. The number of benzene rings is 1. The first-order chi connectivity index (χ1) is 10.1. The summed E-state index contributed by atoms with van der Waals surface area (Å²) in [7, 11) is 0. The van der Waals surface area contributed by atoms with Crippen molar-refractivity contribution >= 4 is 22.6 Å². The van der Waals surface area contributed by atoms with E-state index in [1.165, 1.54) is 18.5 Å². The molecule has 0 N–H and O–H groups in total. The Morgan fingerprint density at radius 2 is 1.81 bits per heavy atom. The van der Waals surface area contributed by atoms with E-state index in [0.29, 0.717) is 22.4 Å². The minimum atomic E-state index is -0.625. The Balaban J connectivity index is 2.02. The zero-order valence-electron chi connectivity index (χ0n) is 10.9. The standard InChI is InChI=1S/C15H10ClF2N3/c16-14-13-12(8-1-2-8)6-21(15(13)20-7-19-14)11-4-9(17)3-10(18)5-11/h3-8H,1-2H2. The summed E-state index contributed by atoms with van der Waals surface area (Å²) in [6.45, 7) is 0. The van der Waals surface area contributed by atoms with Crippen molar-refractivity contribution in [2.75, 3.05) is 0 Å². The second-order valence-corrected chi connectivity index (χ2v) is 5.58. The van der Waals surface area contributed by atoms with Crippen LogP contribution in [0.5, 0.6) is 0 Å². The largest absolute Gasteiger partial charge is 0.301 e. The Morgan fingerprint density at radius 3 is 2.48 bits per heavy atom. The predicted octanol–water partition coefficient (Wildman–Crippen LogP) is 4.23. The molecule has 0 radical (unpaired) electrons. The number of hydrogen-bond donors (Lipinski definition) is 0. The van der Waals surface area contributed by atoms with E-state index in [1.807, 2.05) is 6.20 Å². The molecule has 1 aliphatic carbocycles. The molecule has 1 saturated carbocycles. The molecule has 0 unspecified atom stereocenters. The molecule has 21 heavy (non-hydrogen) atoms. The van der Waals surface area contributed by atoms with Gasteiger partial charge >= 0.3 is 0 Å². The SMILES string of the molecule is Fc1cc(F)cc(-n2cc(C3CC3)c3c(Cl)ncnc32)c1. The van der Waals surface area contributed by atoms with Crippen LogP contribution in [0.4, 0.5) is 8.78 Å². The van der Waals surface area contributed by atoms with Crippen LogP contribution in [-0.2, 0) is 0 Å². The first kappa shape index (κ1) is 12.7. The minimum absolute atomic E-state index is 0.373.